The van der Waals surface area contributed by atoms with Crippen molar-refractivity contribution in [3.8, 4) is 0 Å². The molecule has 4 heteroatoms. The third-order valence-electron chi connectivity index (χ3n) is 4.33. The van der Waals surface area contributed by atoms with Crippen LogP contribution in [0, 0.1) is 11.7 Å². The second-order valence-corrected chi connectivity index (χ2v) is 5.92. The van der Waals surface area contributed by atoms with Gasteiger partial charge in [-0.05, 0) is 49.8 Å². The van der Waals surface area contributed by atoms with Crippen LogP contribution in [-0.4, -0.2) is 29.0 Å². The minimum atomic E-state index is -0.592. The molecule has 22 heavy (non-hydrogen) atoms. The van der Waals surface area contributed by atoms with Gasteiger partial charge in [0.2, 0.25) is 5.91 Å². The number of halogens is 1. The molecule has 120 valence electrons. The molecule has 0 aromatic heterocycles. The zero-order chi connectivity index (χ0) is 16.1. The number of nitrogens with zero attached hydrogens (tertiary/aromatic N) is 1. The van der Waals surface area contributed by atoms with E-state index >= 15 is 0 Å². The first-order chi connectivity index (χ1) is 10.5. The quantitative estimate of drug-likeness (QED) is 0.866. The number of rotatable bonds is 4. The molecule has 1 aromatic carbocycles. The zero-order valence-electron chi connectivity index (χ0n) is 13.3. The Balaban J connectivity index is 1.93. The molecule has 0 unspecified atom stereocenters. The number of aliphatic hydroxyl groups is 1. The fourth-order valence-electron chi connectivity index (χ4n) is 2.99. The topological polar surface area (TPSA) is 40.5 Å². The molecular weight excluding hydrogens is 281 g/mol. The summed E-state index contributed by atoms with van der Waals surface area (Å²) in [6.45, 7) is 5.20. The van der Waals surface area contributed by atoms with Crippen molar-refractivity contribution in [3.05, 3.63) is 47.3 Å². The van der Waals surface area contributed by atoms with Crippen LogP contribution in [0.2, 0.25) is 0 Å². The van der Waals surface area contributed by atoms with Crippen LogP contribution < -0.4 is 0 Å². The van der Waals surface area contributed by atoms with Crippen LogP contribution in [0.3, 0.4) is 0 Å². The van der Waals surface area contributed by atoms with Gasteiger partial charge in [0.15, 0.2) is 0 Å². The van der Waals surface area contributed by atoms with E-state index in [0.717, 1.165) is 30.4 Å². The summed E-state index contributed by atoms with van der Waals surface area (Å²) in [5.41, 5.74) is 1.54. The zero-order valence-corrected chi connectivity index (χ0v) is 13.3. The van der Waals surface area contributed by atoms with Gasteiger partial charge >= 0.3 is 0 Å². The van der Waals surface area contributed by atoms with Gasteiger partial charge in [-0.25, -0.2) is 4.39 Å². The number of hydrogen-bond donors (Lipinski definition) is 1. The SMILES string of the molecule is CC/C=C(/C)C(=O)N1CCC([C@H](O)c2ccc(F)cc2)CC1. The summed E-state index contributed by atoms with van der Waals surface area (Å²) in [4.78, 5) is 14.1. The molecule has 1 fully saturated rings. The van der Waals surface area contributed by atoms with Gasteiger partial charge in [-0.3, -0.25) is 4.79 Å². The molecule has 1 heterocycles. The van der Waals surface area contributed by atoms with Crippen molar-refractivity contribution in [1.82, 2.24) is 4.90 Å². The Morgan fingerprint density at radius 2 is 1.95 bits per heavy atom. The highest BCUT2D eigenvalue weighted by molar-refractivity contribution is 5.92. The molecule has 1 aliphatic rings. The first-order valence-corrected chi connectivity index (χ1v) is 7.92. The van der Waals surface area contributed by atoms with Gasteiger partial charge in [0.05, 0.1) is 6.10 Å². The normalized spacial score (nSPS) is 18.4. The molecule has 1 N–H and O–H groups in total. The number of benzene rings is 1. The molecule has 1 amide bonds. The van der Waals surface area contributed by atoms with Crippen molar-refractivity contribution in [3.63, 3.8) is 0 Å². The maximum atomic E-state index is 12.9. The Bertz CT molecular complexity index is 531. The molecular formula is C18H24FNO2. The van der Waals surface area contributed by atoms with Gasteiger partial charge in [0.1, 0.15) is 5.82 Å². The Hall–Kier alpha value is -1.68. The second kappa shape index (κ2) is 7.54. The van der Waals surface area contributed by atoms with E-state index in [2.05, 4.69) is 0 Å². The minimum absolute atomic E-state index is 0.0940. The third-order valence-corrected chi connectivity index (χ3v) is 4.33. The molecule has 0 aliphatic carbocycles. The second-order valence-electron chi connectivity index (χ2n) is 5.92. The van der Waals surface area contributed by atoms with Crippen molar-refractivity contribution in [2.24, 2.45) is 5.92 Å². The van der Waals surface area contributed by atoms with E-state index in [4.69, 9.17) is 0 Å². The highest BCUT2D eigenvalue weighted by Gasteiger charge is 2.28. The van der Waals surface area contributed by atoms with E-state index in [1.165, 1.54) is 12.1 Å². The van der Waals surface area contributed by atoms with Crippen LogP contribution in [0.15, 0.2) is 35.9 Å². The number of amides is 1. The molecule has 1 aromatic rings. The van der Waals surface area contributed by atoms with Crippen LogP contribution in [0.1, 0.15) is 44.8 Å². The molecule has 1 atom stereocenters. The maximum absolute atomic E-state index is 12.9. The number of likely N-dealkylation sites (tertiary alicyclic amines) is 1. The van der Waals surface area contributed by atoms with Gasteiger partial charge in [0, 0.05) is 18.7 Å². The third kappa shape index (κ3) is 3.95. The molecule has 0 saturated carbocycles. The van der Waals surface area contributed by atoms with Crippen molar-refractivity contribution >= 4 is 5.91 Å². The van der Waals surface area contributed by atoms with Crippen molar-refractivity contribution in [1.29, 1.82) is 0 Å². The lowest BCUT2D eigenvalue weighted by atomic mass is 9.87. The predicted octanol–water partition coefficient (Wildman–Crippen LogP) is 3.45. The van der Waals surface area contributed by atoms with E-state index < -0.39 is 6.10 Å². The highest BCUT2D eigenvalue weighted by atomic mass is 19.1. The van der Waals surface area contributed by atoms with E-state index in [9.17, 15) is 14.3 Å². The van der Waals surface area contributed by atoms with E-state index in [-0.39, 0.29) is 17.6 Å². The molecule has 2 rings (SSSR count). The average molecular weight is 305 g/mol. The monoisotopic (exact) mass is 305 g/mol. The van der Waals surface area contributed by atoms with Crippen molar-refractivity contribution in [2.45, 2.75) is 39.2 Å². The summed E-state index contributed by atoms with van der Waals surface area (Å²) in [5, 5.41) is 10.4. The molecule has 1 aliphatic heterocycles. The van der Waals surface area contributed by atoms with Crippen LogP contribution in [0.4, 0.5) is 4.39 Å². The van der Waals surface area contributed by atoms with E-state index in [0.29, 0.717) is 13.1 Å². The summed E-state index contributed by atoms with van der Waals surface area (Å²) in [5.74, 6) is -0.0869. The Kier molecular flexibility index (Phi) is 5.72. The van der Waals surface area contributed by atoms with Gasteiger partial charge in [-0.15, -0.1) is 0 Å². The summed E-state index contributed by atoms with van der Waals surface area (Å²) >= 11 is 0. The summed E-state index contributed by atoms with van der Waals surface area (Å²) in [6.07, 6.45) is 3.75. The number of aliphatic hydroxyl groups excluding tert-OH is 1. The number of carbonyl (C=O) groups is 1. The Labute approximate surface area is 131 Å². The molecule has 1 saturated heterocycles. The molecule has 0 radical (unpaired) electrons. The lowest BCUT2D eigenvalue weighted by molar-refractivity contribution is -0.129. The standard InChI is InChI=1S/C18H24FNO2/c1-3-4-13(2)18(22)20-11-9-15(10-12-20)17(21)14-5-7-16(19)8-6-14/h4-8,15,17,21H,3,9-12H2,1-2H3/b13-4-/t17-/m1/s1. The number of allylic oxidation sites excluding steroid dienone is 1. The first-order valence-electron chi connectivity index (χ1n) is 7.92. The smallest absolute Gasteiger partial charge is 0.249 e. The maximum Gasteiger partial charge on any atom is 0.249 e. The fourth-order valence-corrected chi connectivity index (χ4v) is 2.99. The van der Waals surface area contributed by atoms with Crippen LogP contribution in [0.5, 0.6) is 0 Å². The average Bonchev–Trinajstić information content (AvgIpc) is 2.54. The van der Waals surface area contributed by atoms with E-state index in [1.807, 2.05) is 24.8 Å². The Morgan fingerprint density at radius 3 is 2.50 bits per heavy atom. The lowest BCUT2D eigenvalue weighted by Crippen LogP contribution is -2.40. The largest absolute Gasteiger partial charge is 0.388 e. The fraction of sp³-hybridized carbons (Fsp3) is 0.500. The molecule has 0 spiro atoms. The van der Waals surface area contributed by atoms with Gasteiger partial charge in [-0.2, -0.15) is 0 Å². The number of piperidine rings is 1. The van der Waals surface area contributed by atoms with Crippen molar-refractivity contribution < 1.29 is 14.3 Å². The highest BCUT2D eigenvalue weighted by Crippen LogP contribution is 2.31. The summed E-state index contributed by atoms with van der Waals surface area (Å²) < 4.78 is 12.9. The van der Waals surface area contributed by atoms with Gasteiger partial charge < -0.3 is 10.0 Å². The van der Waals surface area contributed by atoms with Crippen LogP contribution >= 0.6 is 0 Å². The number of carbonyl (C=O) groups excluding carboxylic acids is 1. The van der Waals surface area contributed by atoms with E-state index in [1.54, 1.807) is 12.1 Å². The van der Waals surface area contributed by atoms with Crippen LogP contribution in [0.25, 0.3) is 0 Å². The summed E-state index contributed by atoms with van der Waals surface area (Å²) in [6, 6.07) is 6.00. The Morgan fingerprint density at radius 1 is 1.36 bits per heavy atom. The van der Waals surface area contributed by atoms with Gasteiger partial charge in [-0.1, -0.05) is 25.1 Å². The lowest BCUT2D eigenvalue weighted by Gasteiger charge is -2.34. The predicted molar refractivity (Wildman–Crippen MR) is 84.7 cm³/mol. The first kappa shape index (κ1) is 16.7. The van der Waals surface area contributed by atoms with Gasteiger partial charge in [0.25, 0.3) is 0 Å². The van der Waals surface area contributed by atoms with Crippen molar-refractivity contribution in [2.75, 3.05) is 13.1 Å². The molecule has 0 bridgehead atoms. The minimum Gasteiger partial charge on any atom is -0.388 e. The molecule has 3 nitrogen and oxygen atoms in total. The number of hydrogen-bond acceptors (Lipinski definition) is 2. The summed E-state index contributed by atoms with van der Waals surface area (Å²) in [7, 11) is 0. The van der Waals surface area contributed by atoms with Crippen LogP contribution in [-0.2, 0) is 4.79 Å².